The van der Waals surface area contributed by atoms with Crippen molar-refractivity contribution in [2.45, 2.75) is 64.7 Å². The fourth-order valence-electron chi connectivity index (χ4n) is 5.36. The third kappa shape index (κ3) is 10.3. The zero-order chi connectivity index (χ0) is 37.1. The number of hydrogen-bond acceptors (Lipinski definition) is 0. The van der Waals surface area contributed by atoms with E-state index in [2.05, 4.69) is 84.0 Å². The van der Waals surface area contributed by atoms with Crippen LogP contribution in [0.3, 0.4) is 0 Å². The van der Waals surface area contributed by atoms with Gasteiger partial charge in [0.15, 0.2) is 0 Å². The van der Waals surface area contributed by atoms with Crippen molar-refractivity contribution in [3.05, 3.63) is 155 Å². The van der Waals surface area contributed by atoms with Crippen molar-refractivity contribution in [3.8, 4) is 0 Å². The normalized spacial score (nSPS) is 12.2. The van der Waals surface area contributed by atoms with E-state index in [1.165, 1.54) is 56.9 Å². The fourth-order valence-corrected chi connectivity index (χ4v) is 9.78. The van der Waals surface area contributed by atoms with Gasteiger partial charge in [-0.3, -0.25) is 0 Å². The molecule has 0 atom stereocenters. The van der Waals surface area contributed by atoms with E-state index in [0.717, 1.165) is 24.3 Å². The minimum absolute atomic E-state index is 0.0866. The van der Waals surface area contributed by atoms with Crippen LogP contribution in [0.5, 0.6) is 0 Å². The summed E-state index contributed by atoms with van der Waals surface area (Å²) in [5.74, 6) is 0. The second kappa shape index (κ2) is 15.7. The maximum absolute atomic E-state index is 12.8. The SMILES string of the molecule is CC(C)(C)c1ccc2c(c1)[cH-]c1cc(C(C)(C)C)ccc12.FC(F)(F)c1cccc([C](c2cccc(C(F)(F)F)c2)=[Zr]([Cl])[Cl])c1.c1cc[cH-]c1. The monoisotopic (exact) mass is 804 g/mol. The standard InChI is InChI=1S/C21H25.C15H8F6.C5H5.2ClH.Zr/c1-20(2,3)16-7-9-18-14(12-16)11-15-13-17(21(4,5)6)8-10-19(15)18;16-14(17,18)12-5-1-3-10(8-12)7-11-4-2-6-13(9-11)15(19,20)21;1-2-4-5-3-1;;;/h7-13H,1-6H3;1-6,8-9H;1-5H;2*1H;/q-1;;-1;;;+2/p-2. The molecule has 0 N–H and O–H groups in total. The number of benzene rings is 4. The summed E-state index contributed by atoms with van der Waals surface area (Å²) in [6.45, 7) is 13.6. The molecule has 0 spiro atoms. The Balaban J connectivity index is 0.000000198. The van der Waals surface area contributed by atoms with Crippen molar-refractivity contribution in [1.29, 1.82) is 0 Å². The first kappa shape index (κ1) is 39.8. The van der Waals surface area contributed by atoms with Crippen LogP contribution in [-0.4, -0.2) is 3.21 Å². The van der Waals surface area contributed by atoms with Gasteiger partial charge in [0.25, 0.3) is 0 Å². The van der Waals surface area contributed by atoms with Gasteiger partial charge >= 0.3 is 149 Å². The molecule has 6 aromatic carbocycles. The summed E-state index contributed by atoms with van der Waals surface area (Å²) in [6.07, 6.45) is -9.14. The Bertz CT molecular complexity index is 1920. The van der Waals surface area contributed by atoms with E-state index >= 15 is 0 Å². The van der Waals surface area contributed by atoms with Crippen LogP contribution in [-0.2, 0) is 42.1 Å². The molecule has 0 heterocycles. The first-order valence-electron chi connectivity index (χ1n) is 15.9. The topological polar surface area (TPSA) is 0 Å². The van der Waals surface area contributed by atoms with Crippen LogP contribution in [0.25, 0.3) is 21.5 Å². The summed E-state index contributed by atoms with van der Waals surface area (Å²) in [5.41, 5.74) is 1.56. The van der Waals surface area contributed by atoms with E-state index in [9.17, 15) is 26.3 Å². The predicted molar refractivity (Wildman–Crippen MR) is 194 cm³/mol. The second-order valence-corrected chi connectivity index (χ2v) is 22.1. The van der Waals surface area contributed by atoms with Crippen molar-refractivity contribution in [2.24, 2.45) is 0 Å². The van der Waals surface area contributed by atoms with Crippen LogP contribution in [0.4, 0.5) is 26.3 Å². The molecule has 0 aliphatic heterocycles. The third-order valence-corrected chi connectivity index (χ3v) is 12.7. The molecule has 0 aliphatic rings. The quantitative estimate of drug-likeness (QED) is 0.121. The van der Waals surface area contributed by atoms with E-state index in [4.69, 9.17) is 17.0 Å². The van der Waals surface area contributed by atoms with E-state index < -0.39 is 42.4 Å². The average Bonchev–Trinajstić information content (AvgIpc) is 3.71. The molecule has 0 nitrogen and oxygen atoms in total. The van der Waals surface area contributed by atoms with Gasteiger partial charge in [-0.15, -0.1) is 39.7 Å². The Labute approximate surface area is 304 Å². The minimum atomic E-state index is -4.57. The summed E-state index contributed by atoms with van der Waals surface area (Å²) in [4.78, 5) is 0. The Morgan fingerprint density at radius 1 is 0.520 bits per heavy atom. The summed E-state index contributed by atoms with van der Waals surface area (Å²) in [5, 5.41) is 5.48. The van der Waals surface area contributed by atoms with Gasteiger partial charge in [0.1, 0.15) is 0 Å². The Kier molecular flexibility index (Phi) is 12.5. The smallest absolute Gasteiger partial charge is 0.172 e. The fraction of sp³-hybridized carbons (Fsp3) is 0.244. The van der Waals surface area contributed by atoms with Crippen LogP contribution in [0.15, 0.2) is 121 Å². The molecule has 0 radical (unpaired) electrons. The molecule has 6 aromatic rings. The van der Waals surface area contributed by atoms with Crippen molar-refractivity contribution in [2.75, 3.05) is 0 Å². The molecule has 0 unspecified atom stereocenters. The van der Waals surface area contributed by atoms with Gasteiger partial charge in [-0.25, -0.2) is 12.1 Å². The minimum Gasteiger partial charge on any atom is -0.214 e. The van der Waals surface area contributed by atoms with E-state index in [1.807, 2.05) is 30.3 Å². The molecule has 0 saturated heterocycles. The van der Waals surface area contributed by atoms with Crippen molar-refractivity contribution < 1.29 is 45.2 Å². The first-order chi connectivity index (χ1) is 23.2. The van der Waals surface area contributed by atoms with Crippen LogP contribution >= 0.6 is 17.0 Å². The molecular formula is C41H38Cl2F6Zr-2. The Morgan fingerprint density at radius 3 is 1.22 bits per heavy atom. The Morgan fingerprint density at radius 2 is 0.920 bits per heavy atom. The molecule has 6 rings (SSSR count). The van der Waals surface area contributed by atoms with Gasteiger partial charge in [0.05, 0.1) is 0 Å². The second-order valence-electron chi connectivity index (χ2n) is 14.0. The van der Waals surface area contributed by atoms with Crippen molar-refractivity contribution in [1.82, 2.24) is 0 Å². The van der Waals surface area contributed by atoms with Crippen LogP contribution < -0.4 is 0 Å². The van der Waals surface area contributed by atoms with Crippen LogP contribution in [0.1, 0.15) is 74.9 Å². The molecule has 0 bridgehead atoms. The molecule has 0 aliphatic carbocycles. The average molecular weight is 807 g/mol. The summed E-state index contributed by atoms with van der Waals surface area (Å²) < 4.78 is 77.2. The van der Waals surface area contributed by atoms with Gasteiger partial charge in [0.2, 0.25) is 0 Å². The first-order valence-corrected chi connectivity index (χ1v) is 23.4. The molecule has 264 valence electrons. The van der Waals surface area contributed by atoms with Gasteiger partial charge in [0, 0.05) is 0 Å². The van der Waals surface area contributed by atoms with E-state index in [0.29, 0.717) is 0 Å². The van der Waals surface area contributed by atoms with Crippen molar-refractivity contribution >= 4 is 41.8 Å². The largest absolute Gasteiger partial charge is 0.214 e. The summed E-state index contributed by atoms with van der Waals surface area (Å²) in [7, 11) is 12.0. The predicted octanol–water partition coefficient (Wildman–Crippen LogP) is 13.9. The molecule has 0 amide bonds. The molecule has 0 aromatic heterocycles. The molecule has 0 saturated carbocycles. The van der Waals surface area contributed by atoms with Gasteiger partial charge in [-0.1, -0.05) is 76.9 Å². The zero-order valence-corrected chi connectivity index (χ0v) is 32.5. The zero-order valence-electron chi connectivity index (χ0n) is 28.6. The van der Waals surface area contributed by atoms with Crippen LogP contribution in [0, 0.1) is 0 Å². The summed E-state index contributed by atoms with van der Waals surface area (Å²) in [6, 6.07) is 34.7. The molecule has 50 heavy (non-hydrogen) atoms. The Hall–Kier alpha value is -2.99. The number of halogens is 8. The van der Waals surface area contributed by atoms with E-state index in [1.54, 1.807) is 0 Å². The van der Waals surface area contributed by atoms with Crippen molar-refractivity contribution in [3.63, 3.8) is 0 Å². The number of rotatable bonds is 2. The number of alkyl halides is 6. The molecule has 0 fully saturated rings. The third-order valence-electron chi connectivity index (χ3n) is 8.14. The number of fused-ring (bicyclic) bond motifs is 3. The van der Waals surface area contributed by atoms with Gasteiger partial charge in [-0.05, 0) is 10.8 Å². The van der Waals surface area contributed by atoms with Gasteiger partial charge in [-0.2, -0.15) is 18.2 Å². The van der Waals surface area contributed by atoms with E-state index in [-0.39, 0.29) is 25.2 Å². The summed E-state index contributed by atoms with van der Waals surface area (Å²) >= 11 is -3.37. The molecule has 9 heteroatoms. The maximum Gasteiger partial charge on any atom is -0.172 e. The van der Waals surface area contributed by atoms with Crippen LogP contribution in [0.2, 0.25) is 0 Å². The maximum atomic E-state index is 12.8. The van der Waals surface area contributed by atoms with Gasteiger partial charge < -0.3 is 0 Å². The molecular weight excluding hydrogens is 769 g/mol. The number of hydrogen-bond donors (Lipinski definition) is 0.